The Kier molecular flexibility index (Phi) is 4.00. The highest BCUT2D eigenvalue weighted by atomic mass is 19.4. The molecule has 116 valence electrons. The maximum absolute atomic E-state index is 13.2. The van der Waals surface area contributed by atoms with Gasteiger partial charge in [-0.05, 0) is 17.2 Å². The highest BCUT2D eigenvalue weighted by Crippen LogP contribution is 2.43. The maximum Gasteiger partial charge on any atom is 0.417 e. The van der Waals surface area contributed by atoms with Gasteiger partial charge in [0.05, 0.1) is 11.1 Å². The van der Waals surface area contributed by atoms with E-state index in [1.165, 1.54) is 6.07 Å². The molecule has 7 heteroatoms. The topological polar surface area (TPSA) is 17.1 Å². The minimum absolute atomic E-state index is 0.0253. The van der Waals surface area contributed by atoms with E-state index in [2.05, 4.69) is 0 Å². The monoisotopic (exact) mass is 318 g/mol. The molecule has 0 saturated carbocycles. The second-order valence-electron chi connectivity index (χ2n) is 4.43. The molecule has 22 heavy (non-hydrogen) atoms. The number of hydrogen-bond donors (Lipinski definition) is 0. The van der Waals surface area contributed by atoms with Crippen molar-refractivity contribution in [3.05, 3.63) is 59.2 Å². The molecular formula is C15H8F6O. The van der Waals surface area contributed by atoms with Crippen molar-refractivity contribution < 1.29 is 31.1 Å². The largest absolute Gasteiger partial charge is 0.417 e. The summed E-state index contributed by atoms with van der Waals surface area (Å²) in [4.78, 5) is 10.8. The molecule has 1 nitrogen and oxygen atoms in total. The summed E-state index contributed by atoms with van der Waals surface area (Å²) in [5, 5.41) is 0. The molecule has 0 spiro atoms. The summed E-state index contributed by atoms with van der Waals surface area (Å²) in [6.07, 6.45) is -9.79. The highest BCUT2D eigenvalue weighted by molar-refractivity contribution is 5.84. The summed E-state index contributed by atoms with van der Waals surface area (Å²) in [5.74, 6) is 0. The fraction of sp³-hybridized carbons (Fsp3) is 0.133. The number of benzene rings is 2. The quantitative estimate of drug-likeness (QED) is 0.549. The number of rotatable bonds is 2. The zero-order valence-electron chi connectivity index (χ0n) is 10.8. The summed E-state index contributed by atoms with van der Waals surface area (Å²) in [7, 11) is 0. The van der Waals surface area contributed by atoms with Gasteiger partial charge in [-0.25, -0.2) is 0 Å². The van der Waals surface area contributed by atoms with Crippen LogP contribution in [0.5, 0.6) is 0 Å². The van der Waals surface area contributed by atoms with Crippen molar-refractivity contribution in [3.63, 3.8) is 0 Å². The van der Waals surface area contributed by atoms with Crippen LogP contribution < -0.4 is 0 Å². The Morgan fingerprint density at radius 3 is 1.86 bits per heavy atom. The molecule has 0 saturated heterocycles. The molecule has 0 atom stereocenters. The van der Waals surface area contributed by atoms with Crippen molar-refractivity contribution in [1.82, 2.24) is 0 Å². The zero-order valence-corrected chi connectivity index (χ0v) is 10.8. The summed E-state index contributed by atoms with van der Waals surface area (Å²) in [6.45, 7) is 0. The lowest BCUT2D eigenvalue weighted by Gasteiger charge is -2.18. The first-order valence-corrected chi connectivity index (χ1v) is 5.98. The molecule has 0 aliphatic carbocycles. The third-order valence-electron chi connectivity index (χ3n) is 3.03. The van der Waals surface area contributed by atoms with Crippen molar-refractivity contribution in [3.8, 4) is 11.1 Å². The van der Waals surface area contributed by atoms with E-state index in [1.54, 1.807) is 0 Å². The van der Waals surface area contributed by atoms with Gasteiger partial charge in [0, 0.05) is 5.56 Å². The third-order valence-corrected chi connectivity index (χ3v) is 3.03. The first kappa shape index (κ1) is 16.1. The molecule has 0 bridgehead atoms. The summed E-state index contributed by atoms with van der Waals surface area (Å²) in [6, 6.07) is 6.88. The Bertz CT molecular complexity index is 700. The van der Waals surface area contributed by atoms with Crippen molar-refractivity contribution in [2.24, 2.45) is 0 Å². The van der Waals surface area contributed by atoms with Crippen LogP contribution in [0.1, 0.15) is 21.5 Å². The average Bonchev–Trinajstić information content (AvgIpc) is 2.44. The van der Waals surface area contributed by atoms with E-state index >= 15 is 0 Å². The fourth-order valence-electron chi connectivity index (χ4n) is 2.17. The highest BCUT2D eigenvalue weighted by Gasteiger charge is 2.39. The summed E-state index contributed by atoms with van der Waals surface area (Å²) >= 11 is 0. The Hall–Kier alpha value is -2.31. The minimum atomic E-state index is -4.95. The number of alkyl halides is 6. The van der Waals surface area contributed by atoms with Gasteiger partial charge in [-0.2, -0.15) is 26.3 Å². The van der Waals surface area contributed by atoms with Gasteiger partial charge < -0.3 is 0 Å². The first-order valence-electron chi connectivity index (χ1n) is 5.98. The lowest BCUT2D eigenvalue weighted by atomic mass is 9.92. The smallest absolute Gasteiger partial charge is 0.298 e. The van der Waals surface area contributed by atoms with Crippen LogP contribution in [-0.2, 0) is 12.4 Å². The van der Waals surface area contributed by atoms with Crippen molar-refractivity contribution in [2.75, 3.05) is 0 Å². The molecule has 0 amide bonds. The van der Waals surface area contributed by atoms with E-state index in [-0.39, 0.29) is 6.29 Å². The van der Waals surface area contributed by atoms with Crippen LogP contribution >= 0.6 is 0 Å². The number of halogens is 6. The van der Waals surface area contributed by atoms with Crippen LogP contribution in [0.2, 0.25) is 0 Å². The van der Waals surface area contributed by atoms with Crippen LogP contribution in [-0.4, -0.2) is 6.29 Å². The van der Waals surface area contributed by atoms with E-state index in [4.69, 9.17) is 0 Å². The second kappa shape index (κ2) is 5.47. The summed E-state index contributed by atoms with van der Waals surface area (Å²) < 4.78 is 78.5. The molecular weight excluding hydrogens is 310 g/mol. The van der Waals surface area contributed by atoms with Crippen LogP contribution in [0.4, 0.5) is 26.3 Å². The normalized spacial score (nSPS) is 12.3. The maximum atomic E-state index is 13.2. The van der Waals surface area contributed by atoms with Gasteiger partial charge in [0.1, 0.15) is 0 Å². The van der Waals surface area contributed by atoms with Crippen molar-refractivity contribution in [1.29, 1.82) is 0 Å². The molecule has 2 rings (SSSR count). The molecule has 2 aromatic rings. The molecule has 0 aliphatic heterocycles. The van der Waals surface area contributed by atoms with Gasteiger partial charge in [0.15, 0.2) is 6.29 Å². The minimum Gasteiger partial charge on any atom is -0.298 e. The van der Waals surface area contributed by atoms with Gasteiger partial charge in [0.25, 0.3) is 0 Å². The van der Waals surface area contributed by atoms with Gasteiger partial charge in [-0.3, -0.25) is 4.79 Å². The van der Waals surface area contributed by atoms with Crippen molar-refractivity contribution >= 4 is 6.29 Å². The number of hydrogen-bond acceptors (Lipinski definition) is 1. The molecule has 0 N–H and O–H groups in total. The Balaban J connectivity index is 2.83. The molecule has 2 aromatic carbocycles. The molecule has 0 fully saturated rings. The fourth-order valence-corrected chi connectivity index (χ4v) is 2.17. The number of carbonyl (C=O) groups is 1. The van der Waals surface area contributed by atoms with Gasteiger partial charge in [-0.1, -0.05) is 36.4 Å². The van der Waals surface area contributed by atoms with Gasteiger partial charge >= 0.3 is 12.4 Å². The van der Waals surface area contributed by atoms with E-state index in [9.17, 15) is 31.1 Å². The first-order chi connectivity index (χ1) is 10.2. The zero-order chi connectivity index (χ0) is 16.5. The van der Waals surface area contributed by atoms with E-state index in [0.29, 0.717) is 6.07 Å². The molecule has 0 aromatic heterocycles. The second-order valence-corrected chi connectivity index (χ2v) is 4.43. The van der Waals surface area contributed by atoms with Crippen LogP contribution in [0.3, 0.4) is 0 Å². The van der Waals surface area contributed by atoms with Crippen LogP contribution in [0, 0.1) is 0 Å². The lowest BCUT2D eigenvalue weighted by molar-refractivity contribution is -0.139. The molecule has 0 aliphatic rings. The Morgan fingerprint density at radius 1 is 0.727 bits per heavy atom. The van der Waals surface area contributed by atoms with Gasteiger partial charge in [0.2, 0.25) is 0 Å². The van der Waals surface area contributed by atoms with E-state index < -0.39 is 40.2 Å². The predicted molar refractivity (Wildman–Crippen MR) is 67.3 cm³/mol. The van der Waals surface area contributed by atoms with Gasteiger partial charge in [-0.15, -0.1) is 0 Å². The Labute approximate surface area is 121 Å². The van der Waals surface area contributed by atoms with Crippen molar-refractivity contribution in [2.45, 2.75) is 12.4 Å². The SMILES string of the molecule is O=Cc1cccc(-c2ccccc2C(F)(F)F)c1C(F)(F)F. The third kappa shape index (κ3) is 2.98. The van der Waals surface area contributed by atoms with E-state index in [1.807, 2.05) is 0 Å². The predicted octanol–water partition coefficient (Wildman–Crippen LogP) is 5.20. The Morgan fingerprint density at radius 2 is 1.32 bits per heavy atom. The van der Waals surface area contributed by atoms with Crippen LogP contribution in [0.25, 0.3) is 11.1 Å². The standard InChI is InChI=1S/C15H8F6O/c16-14(17,18)12-7-2-1-5-10(12)11-6-3-4-9(8-22)13(11)15(19,20)21/h1-8H. The average molecular weight is 318 g/mol. The molecule has 0 unspecified atom stereocenters. The number of aldehydes is 1. The molecule has 0 heterocycles. The number of carbonyl (C=O) groups excluding carboxylic acids is 1. The van der Waals surface area contributed by atoms with E-state index in [0.717, 1.165) is 30.3 Å². The molecule has 0 radical (unpaired) electrons. The lowest BCUT2D eigenvalue weighted by Crippen LogP contribution is -2.13. The summed E-state index contributed by atoms with van der Waals surface area (Å²) in [5.41, 5.74) is -4.57. The van der Waals surface area contributed by atoms with Crippen LogP contribution in [0.15, 0.2) is 42.5 Å².